The van der Waals surface area contributed by atoms with Crippen LogP contribution < -0.4 is 10.2 Å². The van der Waals surface area contributed by atoms with Crippen molar-refractivity contribution in [1.29, 1.82) is 0 Å². The molecule has 1 atom stereocenters. The van der Waals surface area contributed by atoms with E-state index in [0.717, 1.165) is 48.2 Å². The molecule has 0 bridgehead atoms. The third-order valence-electron chi connectivity index (χ3n) is 4.40. The van der Waals surface area contributed by atoms with Gasteiger partial charge in [-0.25, -0.2) is 9.97 Å². The molecule has 25 heavy (non-hydrogen) atoms. The maximum absolute atomic E-state index is 12.6. The molecule has 1 N–H and O–H groups in total. The first-order chi connectivity index (χ1) is 11.8. The summed E-state index contributed by atoms with van der Waals surface area (Å²) in [4.78, 5) is 10.9. The lowest BCUT2D eigenvalue weighted by Crippen LogP contribution is -2.26. The molecule has 134 valence electrons. The van der Waals surface area contributed by atoms with Gasteiger partial charge in [-0.2, -0.15) is 13.2 Å². The van der Waals surface area contributed by atoms with Crippen LogP contribution in [0.15, 0.2) is 30.5 Å². The number of anilines is 1. The van der Waals surface area contributed by atoms with Crippen LogP contribution in [0, 0.1) is 0 Å². The first kappa shape index (κ1) is 17.7. The Labute approximate surface area is 145 Å². The zero-order valence-corrected chi connectivity index (χ0v) is 14.3. The molecule has 0 fully saturated rings. The number of hydrogen-bond acceptors (Lipinski definition) is 4. The average Bonchev–Trinajstić information content (AvgIpc) is 2.59. The van der Waals surface area contributed by atoms with Gasteiger partial charge in [-0.3, -0.25) is 0 Å². The maximum atomic E-state index is 12.6. The SMILES string of the molecule is CN(C)c1ncc2c(n1)CCCC2NCc1ccc(C(F)(F)F)cc1. The van der Waals surface area contributed by atoms with E-state index in [-0.39, 0.29) is 6.04 Å². The van der Waals surface area contributed by atoms with Crippen molar-refractivity contribution in [1.82, 2.24) is 15.3 Å². The van der Waals surface area contributed by atoms with Gasteiger partial charge in [0.15, 0.2) is 0 Å². The molecular formula is C18H21F3N4. The number of benzene rings is 1. The second-order valence-electron chi connectivity index (χ2n) is 6.49. The molecule has 1 heterocycles. The van der Waals surface area contributed by atoms with Crippen LogP contribution in [-0.2, 0) is 19.1 Å². The first-order valence-electron chi connectivity index (χ1n) is 8.27. The summed E-state index contributed by atoms with van der Waals surface area (Å²) in [7, 11) is 3.82. The zero-order chi connectivity index (χ0) is 18.0. The molecule has 1 aliphatic carbocycles. The molecule has 0 spiro atoms. The second kappa shape index (κ2) is 7.00. The van der Waals surface area contributed by atoms with Gasteiger partial charge in [0, 0.05) is 38.4 Å². The number of fused-ring (bicyclic) bond motifs is 1. The van der Waals surface area contributed by atoms with Crippen LogP contribution in [-0.4, -0.2) is 24.1 Å². The monoisotopic (exact) mass is 350 g/mol. The number of aromatic nitrogens is 2. The van der Waals surface area contributed by atoms with E-state index >= 15 is 0 Å². The van der Waals surface area contributed by atoms with Gasteiger partial charge in [-0.1, -0.05) is 12.1 Å². The van der Waals surface area contributed by atoms with Gasteiger partial charge < -0.3 is 10.2 Å². The highest BCUT2D eigenvalue weighted by atomic mass is 19.4. The molecule has 1 aromatic heterocycles. The van der Waals surface area contributed by atoms with Crippen molar-refractivity contribution in [3.63, 3.8) is 0 Å². The summed E-state index contributed by atoms with van der Waals surface area (Å²) in [6.45, 7) is 0.512. The average molecular weight is 350 g/mol. The predicted octanol–water partition coefficient (Wildman–Crippen LogP) is 3.73. The fraction of sp³-hybridized carbons (Fsp3) is 0.444. The quantitative estimate of drug-likeness (QED) is 0.912. The van der Waals surface area contributed by atoms with Crippen molar-refractivity contribution >= 4 is 5.95 Å². The normalized spacial score (nSPS) is 17.2. The van der Waals surface area contributed by atoms with Gasteiger partial charge in [0.25, 0.3) is 0 Å². The number of rotatable bonds is 4. The van der Waals surface area contributed by atoms with Crippen molar-refractivity contribution in [3.8, 4) is 0 Å². The fourth-order valence-electron chi connectivity index (χ4n) is 3.02. The molecule has 7 heteroatoms. The minimum atomic E-state index is -4.30. The van der Waals surface area contributed by atoms with E-state index in [9.17, 15) is 13.2 Å². The minimum Gasteiger partial charge on any atom is -0.347 e. The summed E-state index contributed by atoms with van der Waals surface area (Å²) < 4.78 is 37.9. The van der Waals surface area contributed by atoms with Crippen molar-refractivity contribution < 1.29 is 13.2 Å². The predicted molar refractivity (Wildman–Crippen MR) is 90.3 cm³/mol. The lowest BCUT2D eigenvalue weighted by atomic mass is 9.92. The summed E-state index contributed by atoms with van der Waals surface area (Å²) in [5.74, 6) is 0.696. The van der Waals surface area contributed by atoms with Crippen LogP contribution in [0.5, 0.6) is 0 Å². The Balaban J connectivity index is 1.69. The van der Waals surface area contributed by atoms with Crippen LogP contribution in [0.1, 0.15) is 41.3 Å². The molecule has 1 unspecified atom stereocenters. The van der Waals surface area contributed by atoms with E-state index < -0.39 is 11.7 Å². The van der Waals surface area contributed by atoms with Crippen molar-refractivity contribution in [3.05, 3.63) is 52.8 Å². The molecule has 0 amide bonds. The van der Waals surface area contributed by atoms with Crippen molar-refractivity contribution in [2.45, 2.75) is 38.0 Å². The fourth-order valence-corrected chi connectivity index (χ4v) is 3.02. The first-order valence-corrected chi connectivity index (χ1v) is 8.27. The maximum Gasteiger partial charge on any atom is 0.416 e. The summed E-state index contributed by atoms with van der Waals surface area (Å²) in [5, 5.41) is 3.43. The van der Waals surface area contributed by atoms with Gasteiger partial charge in [-0.15, -0.1) is 0 Å². The third kappa shape index (κ3) is 4.10. The summed E-state index contributed by atoms with van der Waals surface area (Å²) in [6.07, 6.45) is 0.494. The number of alkyl halides is 3. The lowest BCUT2D eigenvalue weighted by Gasteiger charge is -2.26. The summed E-state index contributed by atoms with van der Waals surface area (Å²) in [6, 6.07) is 5.41. The van der Waals surface area contributed by atoms with E-state index in [4.69, 9.17) is 0 Å². The molecule has 0 saturated heterocycles. The number of halogens is 3. The van der Waals surface area contributed by atoms with Gasteiger partial charge >= 0.3 is 6.18 Å². The standard InChI is InChI=1S/C18H21F3N4/c1-25(2)17-23-11-14-15(4-3-5-16(14)24-17)22-10-12-6-8-13(9-7-12)18(19,20)21/h6-9,11,15,22H,3-5,10H2,1-2H3. The van der Waals surface area contributed by atoms with Gasteiger partial charge in [-0.05, 0) is 37.0 Å². The van der Waals surface area contributed by atoms with Crippen LogP contribution in [0.4, 0.5) is 19.1 Å². The van der Waals surface area contributed by atoms with E-state index in [0.29, 0.717) is 12.5 Å². The van der Waals surface area contributed by atoms with Crippen molar-refractivity contribution in [2.75, 3.05) is 19.0 Å². The Morgan fingerprint density at radius 3 is 2.56 bits per heavy atom. The third-order valence-corrected chi connectivity index (χ3v) is 4.40. The Hall–Kier alpha value is -2.15. The Morgan fingerprint density at radius 1 is 1.20 bits per heavy atom. The molecule has 3 rings (SSSR count). The van der Waals surface area contributed by atoms with Gasteiger partial charge in [0.05, 0.1) is 11.3 Å². The van der Waals surface area contributed by atoms with Crippen LogP contribution in [0.2, 0.25) is 0 Å². The molecule has 1 aliphatic rings. The number of nitrogens with one attached hydrogen (secondary N) is 1. The minimum absolute atomic E-state index is 0.127. The van der Waals surface area contributed by atoms with E-state index in [1.807, 2.05) is 25.2 Å². The van der Waals surface area contributed by atoms with E-state index in [1.54, 1.807) is 0 Å². The molecule has 0 saturated carbocycles. The molecule has 0 aliphatic heterocycles. The highest BCUT2D eigenvalue weighted by Crippen LogP contribution is 2.30. The topological polar surface area (TPSA) is 41.1 Å². The molecule has 2 aromatic rings. The molecule has 0 radical (unpaired) electrons. The molecule has 4 nitrogen and oxygen atoms in total. The summed E-state index contributed by atoms with van der Waals surface area (Å²) >= 11 is 0. The highest BCUT2D eigenvalue weighted by Gasteiger charge is 2.30. The van der Waals surface area contributed by atoms with E-state index in [1.165, 1.54) is 12.1 Å². The molecule has 1 aromatic carbocycles. The van der Waals surface area contributed by atoms with Crippen molar-refractivity contribution in [2.24, 2.45) is 0 Å². The lowest BCUT2D eigenvalue weighted by molar-refractivity contribution is -0.137. The number of aryl methyl sites for hydroxylation is 1. The highest BCUT2D eigenvalue weighted by molar-refractivity contribution is 5.34. The van der Waals surface area contributed by atoms with E-state index in [2.05, 4.69) is 15.3 Å². The van der Waals surface area contributed by atoms with Gasteiger partial charge in [0.1, 0.15) is 0 Å². The zero-order valence-electron chi connectivity index (χ0n) is 14.3. The van der Waals surface area contributed by atoms with Crippen LogP contribution in [0.25, 0.3) is 0 Å². The Bertz CT molecular complexity index is 726. The number of hydrogen-bond donors (Lipinski definition) is 1. The van der Waals surface area contributed by atoms with Crippen LogP contribution in [0.3, 0.4) is 0 Å². The summed E-state index contributed by atoms with van der Waals surface area (Å²) in [5.41, 5.74) is 2.34. The molecular weight excluding hydrogens is 329 g/mol. The Kier molecular flexibility index (Phi) is 4.94. The van der Waals surface area contributed by atoms with Gasteiger partial charge in [0.2, 0.25) is 5.95 Å². The second-order valence-corrected chi connectivity index (χ2v) is 6.49. The number of nitrogens with zero attached hydrogens (tertiary/aromatic N) is 3. The Morgan fingerprint density at radius 2 is 1.92 bits per heavy atom. The van der Waals surface area contributed by atoms with Crippen LogP contribution >= 0.6 is 0 Å². The largest absolute Gasteiger partial charge is 0.416 e. The smallest absolute Gasteiger partial charge is 0.347 e.